The third-order valence-corrected chi connectivity index (χ3v) is 4.19. The first-order valence-corrected chi connectivity index (χ1v) is 9.43. The van der Waals surface area contributed by atoms with E-state index in [1.807, 2.05) is 12.1 Å². The number of nitrogens with zero attached hydrogens (tertiary/aromatic N) is 1. The van der Waals surface area contributed by atoms with Crippen molar-refractivity contribution in [2.45, 2.75) is 18.6 Å². The predicted octanol–water partition coefficient (Wildman–Crippen LogP) is 4.09. The number of anilines is 1. The monoisotopic (exact) mass is 468 g/mol. The van der Waals surface area contributed by atoms with Gasteiger partial charge in [0, 0.05) is 24.1 Å². The third-order valence-electron chi connectivity index (χ3n) is 4.19. The zero-order valence-corrected chi connectivity index (χ0v) is 16.9. The van der Waals surface area contributed by atoms with Crippen LogP contribution in [0.15, 0.2) is 60.9 Å². The minimum atomic E-state index is -5.08. The molecule has 1 aromatic heterocycles. The molecule has 1 unspecified atom stereocenters. The standard InChI is InChI=1S/C19H19FN4O2.C2HF3O2/c20-16-3-1-2-14(10-16)18(8-9-25)24-19(26)23-17-6-4-13(5-7-17)15-11-21-22-12-15;3-2(4,5)1(6)7/h1-7,10-12,18,25H,8-9H2,(H,21,22)(H2,23,24,26);(H,6,7). The number of aromatic amines is 1. The number of aromatic nitrogens is 2. The summed E-state index contributed by atoms with van der Waals surface area (Å²) in [5, 5.41) is 28.5. The number of rotatable bonds is 6. The van der Waals surface area contributed by atoms with E-state index in [-0.39, 0.29) is 18.8 Å². The van der Waals surface area contributed by atoms with Crippen LogP contribution in [-0.4, -0.2) is 45.2 Å². The molecule has 0 spiro atoms. The van der Waals surface area contributed by atoms with Gasteiger partial charge in [-0.3, -0.25) is 5.10 Å². The summed E-state index contributed by atoms with van der Waals surface area (Å²) < 4.78 is 45.1. The number of hydrogen-bond acceptors (Lipinski definition) is 4. The number of carboxylic acids is 1. The molecule has 1 atom stereocenters. The first-order valence-electron chi connectivity index (χ1n) is 9.43. The third kappa shape index (κ3) is 8.26. The lowest BCUT2D eigenvalue weighted by Gasteiger charge is -2.19. The lowest BCUT2D eigenvalue weighted by atomic mass is 10.0. The zero-order chi connectivity index (χ0) is 24.4. The normalized spacial score (nSPS) is 11.7. The molecule has 2 amide bonds. The van der Waals surface area contributed by atoms with Gasteiger partial charge in [-0.25, -0.2) is 14.0 Å². The maximum Gasteiger partial charge on any atom is 0.490 e. The highest BCUT2D eigenvalue weighted by Crippen LogP contribution is 2.21. The zero-order valence-electron chi connectivity index (χ0n) is 16.9. The molecule has 0 aliphatic heterocycles. The first-order chi connectivity index (χ1) is 15.6. The van der Waals surface area contributed by atoms with Gasteiger partial charge >= 0.3 is 18.2 Å². The Balaban J connectivity index is 0.000000479. The fourth-order valence-corrected chi connectivity index (χ4v) is 2.65. The molecule has 3 rings (SSSR count). The number of H-pyrrole nitrogens is 1. The van der Waals surface area contributed by atoms with Crippen LogP contribution in [0.4, 0.5) is 28.0 Å². The molecule has 0 saturated heterocycles. The molecular weight excluding hydrogens is 448 g/mol. The van der Waals surface area contributed by atoms with Crippen molar-refractivity contribution >= 4 is 17.7 Å². The topological polar surface area (TPSA) is 127 Å². The number of halogens is 4. The SMILES string of the molecule is O=C(Nc1ccc(-c2cn[nH]c2)cc1)NC(CCO)c1cccc(F)c1.O=C(O)C(F)(F)F. The van der Waals surface area contributed by atoms with Crippen LogP contribution in [0, 0.1) is 5.82 Å². The van der Waals surface area contributed by atoms with E-state index in [1.165, 1.54) is 12.1 Å². The number of aliphatic carboxylic acids is 1. The number of amides is 2. The molecule has 0 bridgehead atoms. The number of carbonyl (C=O) groups excluding carboxylic acids is 1. The van der Waals surface area contributed by atoms with Crippen LogP contribution >= 0.6 is 0 Å². The van der Waals surface area contributed by atoms with Crippen molar-refractivity contribution in [1.29, 1.82) is 0 Å². The van der Waals surface area contributed by atoms with E-state index in [1.54, 1.807) is 36.7 Å². The number of aliphatic hydroxyl groups excluding tert-OH is 1. The molecule has 8 nitrogen and oxygen atoms in total. The van der Waals surface area contributed by atoms with Gasteiger partial charge < -0.3 is 20.8 Å². The maximum absolute atomic E-state index is 13.4. The highest BCUT2D eigenvalue weighted by atomic mass is 19.4. The van der Waals surface area contributed by atoms with Crippen molar-refractivity contribution in [3.8, 4) is 11.1 Å². The van der Waals surface area contributed by atoms with Crippen LogP contribution in [0.1, 0.15) is 18.0 Å². The maximum atomic E-state index is 13.4. The molecular formula is C21H20F4N4O4. The summed E-state index contributed by atoms with van der Waals surface area (Å²) in [6.45, 7) is -0.124. The van der Waals surface area contributed by atoms with Crippen molar-refractivity contribution in [3.63, 3.8) is 0 Å². The molecule has 3 aromatic rings. The second-order valence-electron chi connectivity index (χ2n) is 6.59. The van der Waals surface area contributed by atoms with Crippen LogP contribution in [-0.2, 0) is 4.79 Å². The average molecular weight is 468 g/mol. The van der Waals surface area contributed by atoms with E-state index < -0.39 is 24.2 Å². The molecule has 2 aromatic carbocycles. The number of benzene rings is 2. The Hall–Kier alpha value is -3.93. The largest absolute Gasteiger partial charge is 0.490 e. The molecule has 0 aliphatic rings. The van der Waals surface area contributed by atoms with Crippen LogP contribution in [0.3, 0.4) is 0 Å². The van der Waals surface area contributed by atoms with Gasteiger partial charge in [0.05, 0.1) is 12.2 Å². The Morgan fingerprint density at radius 3 is 2.27 bits per heavy atom. The fraction of sp³-hybridized carbons (Fsp3) is 0.190. The summed E-state index contributed by atoms with van der Waals surface area (Å²) in [6.07, 6.45) is -1.29. The Labute approximate surface area is 185 Å². The summed E-state index contributed by atoms with van der Waals surface area (Å²) in [6, 6.07) is 12.4. The second kappa shape index (κ2) is 11.6. The Morgan fingerprint density at radius 1 is 1.09 bits per heavy atom. The van der Waals surface area contributed by atoms with E-state index in [9.17, 15) is 27.5 Å². The number of alkyl halides is 3. The molecule has 33 heavy (non-hydrogen) atoms. The lowest BCUT2D eigenvalue weighted by Crippen LogP contribution is -2.33. The summed E-state index contributed by atoms with van der Waals surface area (Å²) in [5.74, 6) is -3.14. The number of carbonyl (C=O) groups is 2. The predicted molar refractivity (Wildman–Crippen MR) is 111 cm³/mol. The Bertz CT molecular complexity index is 1040. The highest BCUT2D eigenvalue weighted by molar-refractivity contribution is 5.89. The molecule has 0 aliphatic carbocycles. The van der Waals surface area contributed by atoms with Crippen LogP contribution in [0.2, 0.25) is 0 Å². The summed E-state index contributed by atoms with van der Waals surface area (Å²) >= 11 is 0. The van der Waals surface area contributed by atoms with Crippen LogP contribution in [0.25, 0.3) is 11.1 Å². The summed E-state index contributed by atoms with van der Waals surface area (Å²) in [4.78, 5) is 21.2. The number of hydrogen-bond donors (Lipinski definition) is 5. The molecule has 176 valence electrons. The van der Waals surface area contributed by atoms with E-state index in [0.717, 1.165) is 11.1 Å². The molecule has 12 heteroatoms. The average Bonchev–Trinajstić information content (AvgIpc) is 3.29. The van der Waals surface area contributed by atoms with Crippen molar-refractivity contribution in [2.24, 2.45) is 0 Å². The van der Waals surface area contributed by atoms with E-state index in [0.29, 0.717) is 11.3 Å². The number of nitrogens with one attached hydrogen (secondary N) is 3. The quantitative estimate of drug-likeness (QED) is 0.348. The Morgan fingerprint density at radius 2 is 1.76 bits per heavy atom. The number of carboxylic acid groups (broad SMARTS) is 1. The smallest absolute Gasteiger partial charge is 0.475 e. The van der Waals surface area contributed by atoms with Gasteiger partial charge in [-0.15, -0.1) is 0 Å². The summed E-state index contributed by atoms with van der Waals surface area (Å²) in [7, 11) is 0. The van der Waals surface area contributed by atoms with Gasteiger partial charge in [0.25, 0.3) is 0 Å². The lowest BCUT2D eigenvalue weighted by molar-refractivity contribution is -0.192. The van der Waals surface area contributed by atoms with Crippen molar-refractivity contribution in [2.75, 3.05) is 11.9 Å². The van der Waals surface area contributed by atoms with Crippen molar-refractivity contribution in [3.05, 3.63) is 72.3 Å². The molecule has 0 fully saturated rings. The molecule has 0 radical (unpaired) electrons. The van der Waals surface area contributed by atoms with Gasteiger partial charge in [-0.1, -0.05) is 24.3 Å². The van der Waals surface area contributed by atoms with Gasteiger partial charge in [0.2, 0.25) is 0 Å². The molecule has 5 N–H and O–H groups in total. The summed E-state index contributed by atoms with van der Waals surface area (Å²) in [5.41, 5.74) is 3.15. The number of aliphatic hydroxyl groups is 1. The van der Waals surface area contributed by atoms with Crippen LogP contribution in [0.5, 0.6) is 0 Å². The van der Waals surface area contributed by atoms with Gasteiger partial charge in [-0.2, -0.15) is 18.3 Å². The highest BCUT2D eigenvalue weighted by Gasteiger charge is 2.38. The van der Waals surface area contributed by atoms with Crippen molar-refractivity contribution < 1.29 is 37.4 Å². The minimum absolute atomic E-state index is 0.124. The van der Waals surface area contributed by atoms with Gasteiger partial charge in [0.1, 0.15) is 5.82 Å². The number of urea groups is 1. The van der Waals surface area contributed by atoms with Crippen LogP contribution < -0.4 is 10.6 Å². The molecule has 1 heterocycles. The van der Waals surface area contributed by atoms with Gasteiger partial charge in [0.15, 0.2) is 0 Å². The molecule has 0 saturated carbocycles. The van der Waals surface area contributed by atoms with E-state index in [2.05, 4.69) is 20.8 Å². The fourth-order valence-electron chi connectivity index (χ4n) is 2.65. The van der Waals surface area contributed by atoms with Crippen molar-refractivity contribution in [1.82, 2.24) is 15.5 Å². The second-order valence-corrected chi connectivity index (χ2v) is 6.59. The van der Waals surface area contributed by atoms with E-state index in [4.69, 9.17) is 9.90 Å². The van der Waals surface area contributed by atoms with E-state index >= 15 is 0 Å². The Kier molecular flexibility index (Phi) is 8.92. The minimum Gasteiger partial charge on any atom is -0.475 e. The first kappa shape index (κ1) is 25.3. The van der Waals surface area contributed by atoms with Gasteiger partial charge in [-0.05, 0) is 41.8 Å².